The van der Waals surface area contributed by atoms with Crippen molar-refractivity contribution in [3.8, 4) is 0 Å². The molecule has 0 saturated carbocycles. The van der Waals surface area contributed by atoms with Crippen LogP contribution in [0.2, 0.25) is 0 Å². The van der Waals surface area contributed by atoms with Gasteiger partial charge < -0.3 is 9.84 Å². The average molecular weight is 173 g/mol. The molecule has 0 aliphatic rings. The molecule has 0 aromatic rings. The molecule has 0 radical (unpaired) electrons. The van der Waals surface area contributed by atoms with Gasteiger partial charge >= 0.3 is 5.97 Å². The summed E-state index contributed by atoms with van der Waals surface area (Å²) in [6.45, 7) is 2.73. The van der Waals surface area contributed by atoms with E-state index in [1.807, 2.05) is 0 Å². The quantitative estimate of drug-likeness (QED) is 0.293. The van der Waals surface area contributed by atoms with E-state index in [-0.39, 0.29) is 0 Å². The highest BCUT2D eigenvalue weighted by Gasteiger charge is 2.33. The van der Waals surface area contributed by atoms with Crippen LogP contribution < -0.4 is 0 Å². The molecule has 0 spiro atoms. The lowest BCUT2D eigenvalue weighted by Crippen LogP contribution is -2.41. The van der Waals surface area contributed by atoms with Crippen molar-refractivity contribution in [2.24, 2.45) is 5.11 Å². The molecule has 6 nitrogen and oxygen atoms in total. The van der Waals surface area contributed by atoms with Crippen molar-refractivity contribution >= 4 is 5.97 Å². The Hall–Kier alpha value is -1.26. The van der Waals surface area contributed by atoms with E-state index < -0.39 is 17.6 Å². The van der Waals surface area contributed by atoms with Crippen LogP contribution in [-0.2, 0) is 9.53 Å². The molecule has 1 N–H and O–H groups in total. The first kappa shape index (κ1) is 10.7. The highest BCUT2D eigenvalue weighted by Crippen LogP contribution is 2.13. The molecular formula is C6H11N3O3. The molecule has 0 aromatic heterocycles. The summed E-state index contributed by atoms with van der Waals surface area (Å²) in [6.07, 6.45) is 0. The first-order valence-corrected chi connectivity index (χ1v) is 3.28. The normalized spacial score (nSPS) is 13.0. The highest BCUT2D eigenvalue weighted by atomic mass is 16.5. The molecule has 0 heterocycles. The van der Waals surface area contributed by atoms with Gasteiger partial charge in [-0.3, -0.25) is 4.79 Å². The SMILES string of the molecule is COC(=O)C(N=[N+]=[N-])C(C)(C)O. The predicted octanol–water partition coefficient (Wildman–Crippen LogP) is 0.609. The standard InChI is InChI=1S/C6H11N3O3/c1-6(2,11)4(8-9-7)5(10)12-3/h4,11H,1-3H3. The van der Waals surface area contributed by atoms with Gasteiger partial charge in [0.1, 0.15) is 0 Å². The van der Waals surface area contributed by atoms with Gasteiger partial charge in [0.2, 0.25) is 0 Å². The number of carbonyl (C=O) groups is 1. The third-order valence-electron chi connectivity index (χ3n) is 1.26. The number of esters is 1. The Kier molecular flexibility index (Phi) is 3.53. The number of carbonyl (C=O) groups excluding carboxylic acids is 1. The summed E-state index contributed by atoms with van der Waals surface area (Å²) in [4.78, 5) is 13.3. The van der Waals surface area contributed by atoms with E-state index in [0.29, 0.717) is 0 Å². The zero-order valence-electron chi connectivity index (χ0n) is 7.18. The van der Waals surface area contributed by atoms with E-state index in [1.165, 1.54) is 13.8 Å². The van der Waals surface area contributed by atoms with Crippen LogP contribution in [-0.4, -0.2) is 29.8 Å². The summed E-state index contributed by atoms with van der Waals surface area (Å²) >= 11 is 0. The lowest BCUT2D eigenvalue weighted by atomic mass is 10.0. The zero-order valence-corrected chi connectivity index (χ0v) is 7.18. The van der Waals surface area contributed by atoms with Crippen molar-refractivity contribution in [2.75, 3.05) is 7.11 Å². The Balaban J connectivity index is 4.67. The van der Waals surface area contributed by atoms with E-state index in [0.717, 1.165) is 7.11 Å². The highest BCUT2D eigenvalue weighted by molar-refractivity contribution is 5.77. The third kappa shape index (κ3) is 2.77. The van der Waals surface area contributed by atoms with Crippen LogP contribution >= 0.6 is 0 Å². The lowest BCUT2D eigenvalue weighted by Gasteiger charge is -2.22. The maximum atomic E-state index is 10.9. The van der Waals surface area contributed by atoms with Gasteiger partial charge in [0.15, 0.2) is 6.04 Å². The summed E-state index contributed by atoms with van der Waals surface area (Å²) in [5.74, 6) is -0.750. The van der Waals surface area contributed by atoms with Gasteiger partial charge in [-0.15, -0.1) is 0 Å². The van der Waals surface area contributed by atoms with Crippen LogP contribution in [0.5, 0.6) is 0 Å². The molecule has 12 heavy (non-hydrogen) atoms. The summed E-state index contributed by atoms with van der Waals surface area (Å²) in [5, 5.41) is 12.5. The minimum absolute atomic E-state index is 0.750. The molecular weight excluding hydrogens is 162 g/mol. The van der Waals surface area contributed by atoms with Gasteiger partial charge in [0, 0.05) is 4.91 Å². The summed E-state index contributed by atoms with van der Waals surface area (Å²) in [5.41, 5.74) is 6.68. The number of hydrogen-bond acceptors (Lipinski definition) is 4. The van der Waals surface area contributed by atoms with Gasteiger partial charge in [0.05, 0.1) is 12.7 Å². The minimum Gasteiger partial charge on any atom is -0.469 e. The maximum absolute atomic E-state index is 10.9. The fraction of sp³-hybridized carbons (Fsp3) is 0.833. The molecule has 1 unspecified atom stereocenters. The summed E-state index contributed by atoms with van der Waals surface area (Å²) in [7, 11) is 1.16. The minimum atomic E-state index is -1.40. The van der Waals surface area contributed by atoms with Crippen molar-refractivity contribution in [3.05, 3.63) is 10.4 Å². The number of aliphatic hydroxyl groups is 1. The smallest absolute Gasteiger partial charge is 0.317 e. The van der Waals surface area contributed by atoms with Gasteiger partial charge in [-0.1, -0.05) is 5.11 Å². The molecule has 0 aliphatic carbocycles. The average Bonchev–Trinajstić information content (AvgIpc) is 1.96. The Labute approximate surface area is 69.8 Å². The first-order valence-electron chi connectivity index (χ1n) is 3.28. The molecule has 0 amide bonds. The Morgan fingerprint density at radius 2 is 2.25 bits per heavy atom. The number of methoxy groups -OCH3 is 1. The monoisotopic (exact) mass is 173 g/mol. The van der Waals surface area contributed by atoms with Crippen molar-refractivity contribution in [3.63, 3.8) is 0 Å². The fourth-order valence-electron chi connectivity index (χ4n) is 0.640. The molecule has 68 valence electrons. The van der Waals surface area contributed by atoms with Crippen molar-refractivity contribution in [1.82, 2.24) is 0 Å². The molecule has 0 saturated heterocycles. The number of ether oxygens (including phenoxy) is 1. The molecule has 1 atom stereocenters. The summed E-state index contributed by atoms with van der Waals surface area (Å²) in [6, 6.07) is -1.20. The van der Waals surface area contributed by atoms with Gasteiger partial charge in [-0.2, -0.15) is 0 Å². The van der Waals surface area contributed by atoms with Gasteiger partial charge in [0.25, 0.3) is 0 Å². The predicted molar refractivity (Wildman–Crippen MR) is 41.2 cm³/mol. The van der Waals surface area contributed by atoms with Gasteiger partial charge in [-0.25, -0.2) is 0 Å². The van der Waals surface area contributed by atoms with Crippen LogP contribution in [0.15, 0.2) is 5.11 Å². The lowest BCUT2D eigenvalue weighted by molar-refractivity contribution is -0.147. The third-order valence-corrected chi connectivity index (χ3v) is 1.26. The Bertz CT molecular complexity index is 215. The zero-order chi connectivity index (χ0) is 9.78. The second kappa shape index (κ2) is 3.94. The van der Waals surface area contributed by atoms with E-state index in [4.69, 9.17) is 5.53 Å². The number of nitrogens with zero attached hydrogens (tertiary/aromatic N) is 3. The molecule has 0 aliphatic heterocycles. The molecule has 0 fully saturated rings. The molecule has 0 bridgehead atoms. The number of rotatable bonds is 3. The van der Waals surface area contributed by atoms with Crippen LogP contribution in [0.3, 0.4) is 0 Å². The molecule has 6 heteroatoms. The largest absolute Gasteiger partial charge is 0.469 e. The van der Waals surface area contributed by atoms with E-state index >= 15 is 0 Å². The van der Waals surface area contributed by atoms with Crippen LogP contribution in [0.4, 0.5) is 0 Å². The van der Waals surface area contributed by atoms with E-state index in [1.54, 1.807) is 0 Å². The summed E-state index contributed by atoms with van der Waals surface area (Å²) < 4.78 is 4.33. The molecule has 0 rings (SSSR count). The number of hydrogen-bond donors (Lipinski definition) is 1. The van der Waals surface area contributed by atoms with Crippen LogP contribution in [0, 0.1) is 0 Å². The van der Waals surface area contributed by atoms with E-state index in [2.05, 4.69) is 14.8 Å². The second-order valence-electron chi connectivity index (χ2n) is 2.78. The second-order valence-corrected chi connectivity index (χ2v) is 2.78. The topological polar surface area (TPSA) is 95.3 Å². The van der Waals surface area contributed by atoms with Crippen LogP contribution in [0.25, 0.3) is 10.4 Å². The maximum Gasteiger partial charge on any atom is 0.317 e. The van der Waals surface area contributed by atoms with Gasteiger partial charge in [-0.05, 0) is 19.4 Å². The van der Waals surface area contributed by atoms with Crippen molar-refractivity contribution in [2.45, 2.75) is 25.5 Å². The Morgan fingerprint density at radius 1 is 1.75 bits per heavy atom. The van der Waals surface area contributed by atoms with Crippen molar-refractivity contribution in [1.29, 1.82) is 0 Å². The van der Waals surface area contributed by atoms with Crippen molar-refractivity contribution < 1.29 is 14.6 Å². The molecule has 0 aromatic carbocycles. The van der Waals surface area contributed by atoms with Crippen LogP contribution in [0.1, 0.15) is 13.8 Å². The fourth-order valence-corrected chi connectivity index (χ4v) is 0.640. The Morgan fingerprint density at radius 3 is 2.50 bits per heavy atom. The first-order chi connectivity index (χ1) is 5.43. The van der Waals surface area contributed by atoms with E-state index in [9.17, 15) is 9.90 Å². The number of azide groups is 1.